The predicted octanol–water partition coefficient (Wildman–Crippen LogP) is 4.54. The van der Waals surface area contributed by atoms with Crippen LogP contribution in [0.5, 0.6) is 11.8 Å². The summed E-state index contributed by atoms with van der Waals surface area (Å²) in [6.45, 7) is 1.50. The number of benzene rings is 2. The van der Waals surface area contributed by atoms with Gasteiger partial charge in [0.2, 0.25) is 0 Å². The summed E-state index contributed by atoms with van der Waals surface area (Å²) < 4.78 is 39.2. The van der Waals surface area contributed by atoms with E-state index >= 15 is 4.39 Å². The maximum absolute atomic E-state index is 16.7. The zero-order chi connectivity index (χ0) is 30.1. The zero-order valence-electron chi connectivity index (χ0n) is 23.6. The maximum atomic E-state index is 16.7. The Morgan fingerprint density at radius 2 is 1.95 bits per heavy atom. The fourth-order valence-corrected chi connectivity index (χ4v) is 6.54. The van der Waals surface area contributed by atoms with Crippen molar-refractivity contribution in [3.63, 3.8) is 0 Å². The lowest BCUT2D eigenvalue weighted by Gasteiger charge is -2.34. The van der Waals surface area contributed by atoms with Crippen molar-refractivity contribution in [2.45, 2.75) is 31.5 Å². The van der Waals surface area contributed by atoms with Crippen molar-refractivity contribution in [3.05, 3.63) is 65.6 Å². The van der Waals surface area contributed by atoms with E-state index in [9.17, 15) is 9.50 Å². The van der Waals surface area contributed by atoms with E-state index in [2.05, 4.69) is 36.2 Å². The quantitative estimate of drug-likeness (QED) is 0.250. The molecular formula is C32H26F2N8O2. The largest absolute Gasteiger partial charge is 0.508 e. The minimum absolute atomic E-state index is 0.00153. The van der Waals surface area contributed by atoms with Crippen molar-refractivity contribution in [2.24, 2.45) is 7.05 Å². The van der Waals surface area contributed by atoms with Crippen molar-refractivity contribution in [1.29, 1.82) is 0 Å². The smallest absolute Gasteiger partial charge is 0.319 e. The number of hydrogen-bond acceptors (Lipinski definition) is 8. The number of ether oxygens (including phenoxy) is 1. The summed E-state index contributed by atoms with van der Waals surface area (Å²) in [7, 11) is 1.85. The number of piperazine rings is 1. The van der Waals surface area contributed by atoms with Gasteiger partial charge in [-0.05, 0) is 42.5 Å². The first-order valence-corrected chi connectivity index (χ1v) is 14.3. The third kappa shape index (κ3) is 4.27. The molecular weight excluding hydrogens is 566 g/mol. The number of phenols is 1. The van der Waals surface area contributed by atoms with E-state index in [1.165, 1.54) is 30.5 Å². The lowest BCUT2D eigenvalue weighted by Crippen LogP contribution is -2.51. The molecule has 2 atom stereocenters. The van der Waals surface area contributed by atoms with E-state index in [1.54, 1.807) is 4.68 Å². The van der Waals surface area contributed by atoms with Crippen LogP contribution in [0.15, 0.2) is 42.7 Å². The van der Waals surface area contributed by atoms with Gasteiger partial charge < -0.3 is 25.0 Å². The van der Waals surface area contributed by atoms with Crippen LogP contribution >= 0.6 is 0 Å². The number of anilines is 1. The molecule has 0 saturated carbocycles. The van der Waals surface area contributed by atoms with Crippen LogP contribution in [0.1, 0.15) is 24.1 Å². The molecule has 8 rings (SSSR count). The summed E-state index contributed by atoms with van der Waals surface area (Å²) in [5.41, 5.74) is 2.40. The van der Waals surface area contributed by atoms with Crippen molar-refractivity contribution in [3.8, 4) is 35.4 Å². The molecule has 2 aromatic carbocycles. The lowest BCUT2D eigenvalue weighted by atomic mass is 9.96. The third-order valence-corrected chi connectivity index (χ3v) is 8.43. The van der Waals surface area contributed by atoms with Crippen molar-refractivity contribution >= 4 is 38.5 Å². The second-order valence-electron chi connectivity index (χ2n) is 11.4. The fourth-order valence-electron chi connectivity index (χ4n) is 6.54. The molecule has 12 heteroatoms. The second kappa shape index (κ2) is 9.89. The average molecular weight is 593 g/mol. The number of aryl methyl sites for hydroxylation is 1. The van der Waals surface area contributed by atoms with E-state index in [4.69, 9.17) is 16.1 Å². The van der Waals surface area contributed by atoms with Gasteiger partial charge in [-0.2, -0.15) is 15.1 Å². The van der Waals surface area contributed by atoms with Crippen LogP contribution < -0.4 is 15.0 Å². The molecule has 10 nitrogen and oxygen atoms in total. The third-order valence-electron chi connectivity index (χ3n) is 8.43. The molecule has 0 spiro atoms. The molecule has 3 N–H and O–H groups in total. The van der Waals surface area contributed by atoms with Crippen molar-refractivity contribution in [2.75, 3.05) is 18.0 Å². The van der Waals surface area contributed by atoms with E-state index in [-0.39, 0.29) is 46.1 Å². The Hall–Kier alpha value is -5.28. The number of terminal acetylenes is 1. The number of fused-ring (bicyclic) bond motifs is 5. The van der Waals surface area contributed by atoms with Gasteiger partial charge >= 0.3 is 6.01 Å². The number of aromatic hydroxyl groups is 1. The summed E-state index contributed by atoms with van der Waals surface area (Å²) in [6.07, 6.45) is 11.2. The van der Waals surface area contributed by atoms with Gasteiger partial charge in [-0.25, -0.2) is 8.78 Å². The van der Waals surface area contributed by atoms with Gasteiger partial charge in [0, 0.05) is 55.6 Å². The van der Waals surface area contributed by atoms with E-state index in [1.807, 2.05) is 19.3 Å². The average Bonchev–Trinajstić information content (AvgIpc) is 3.67. The summed E-state index contributed by atoms with van der Waals surface area (Å²) in [5, 5.41) is 19.6. The molecule has 6 aromatic rings. The summed E-state index contributed by atoms with van der Waals surface area (Å²) in [5.74, 6) is 1.36. The normalized spacial score (nSPS) is 18.0. The molecule has 6 heterocycles. The van der Waals surface area contributed by atoms with Crippen LogP contribution in [0.2, 0.25) is 0 Å². The van der Waals surface area contributed by atoms with Gasteiger partial charge in [0.25, 0.3) is 0 Å². The molecule has 2 saturated heterocycles. The molecule has 0 unspecified atom stereocenters. The van der Waals surface area contributed by atoms with E-state index < -0.39 is 11.6 Å². The number of rotatable bonds is 5. The summed E-state index contributed by atoms with van der Waals surface area (Å²) in [6, 6.07) is 7.96. The topological polar surface area (TPSA) is 117 Å². The molecule has 44 heavy (non-hydrogen) atoms. The SMILES string of the molecule is C#Cc1c(F)ccc2cc(O)cc(-c3ncc4c(N5C[C@H]6CC[C@@H](C5)N6)nc(OCc5cc6nn(C)cc6[nH]5)nc4c3F)c12. The first-order valence-electron chi connectivity index (χ1n) is 14.3. The highest BCUT2D eigenvalue weighted by Crippen LogP contribution is 2.39. The van der Waals surface area contributed by atoms with Crippen LogP contribution in [0.3, 0.4) is 0 Å². The Bertz CT molecular complexity index is 2120. The molecule has 0 amide bonds. The first-order chi connectivity index (χ1) is 21.3. The predicted molar refractivity (Wildman–Crippen MR) is 161 cm³/mol. The number of nitrogens with one attached hydrogen (secondary N) is 2. The molecule has 2 aliphatic rings. The Balaban J connectivity index is 1.28. The van der Waals surface area contributed by atoms with Crippen LogP contribution in [-0.4, -0.2) is 60.0 Å². The van der Waals surface area contributed by atoms with Crippen LogP contribution in [-0.2, 0) is 13.7 Å². The monoisotopic (exact) mass is 592 g/mol. The Morgan fingerprint density at radius 1 is 1.14 bits per heavy atom. The number of aromatic nitrogens is 6. The summed E-state index contributed by atoms with van der Waals surface area (Å²) in [4.78, 5) is 19.1. The minimum Gasteiger partial charge on any atom is -0.508 e. The molecule has 4 aromatic heterocycles. The lowest BCUT2D eigenvalue weighted by molar-refractivity contribution is 0.278. The highest BCUT2D eigenvalue weighted by Gasteiger charge is 2.34. The standard InChI is InChI=1S/C32H26F2N8O2/c1-3-21-24(33)7-4-16-8-20(43)10-22(27(16)21)29-28(34)30-23(11-35-29)31(42-12-17-5-6-18(13-42)36-17)39-32(38-30)44-15-19-9-25-26(37-19)14-41(2)40-25/h1,4,7-11,14,17-18,36-37,43H,5-6,12-13,15H2,2H3/t17-,18+. The fraction of sp³-hybridized carbons (Fsp3) is 0.250. The molecule has 2 fully saturated rings. The Kier molecular flexibility index (Phi) is 5.92. The van der Waals surface area contributed by atoms with Crippen LogP contribution in [0, 0.1) is 24.0 Å². The molecule has 0 radical (unpaired) electrons. The number of H-pyrrole nitrogens is 1. The van der Waals surface area contributed by atoms with E-state index in [0.717, 1.165) is 29.6 Å². The number of aromatic amines is 1. The number of hydrogen-bond donors (Lipinski definition) is 3. The van der Waals surface area contributed by atoms with Gasteiger partial charge in [-0.15, -0.1) is 6.42 Å². The number of nitrogens with zero attached hydrogens (tertiary/aromatic N) is 6. The Morgan fingerprint density at radius 3 is 2.73 bits per heavy atom. The Labute approximate surface area is 249 Å². The molecule has 2 bridgehead atoms. The van der Waals surface area contributed by atoms with Gasteiger partial charge in [0.15, 0.2) is 5.82 Å². The van der Waals surface area contributed by atoms with E-state index in [0.29, 0.717) is 41.8 Å². The molecule has 2 aliphatic heterocycles. The number of phenolic OH excluding ortho intramolecular Hbond substituents is 1. The highest BCUT2D eigenvalue weighted by atomic mass is 19.1. The summed E-state index contributed by atoms with van der Waals surface area (Å²) >= 11 is 0. The van der Waals surface area contributed by atoms with Gasteiger partial charge in [0.1, 0.15) is 40.7 Å². The molecule has 220 valence electrons. The first kappa shape index (κ1) is 26.4. The zero-order valence-corrected chi connectivity index (χ0v) is 23.6. The van der Waals surface area contributed by atoms with Crippen molar-refractivity contribution < 1.29 is 18.6 Å². The minimum atomic E-state index is -0.761. The second-order valence-corrected chi connectivity index (χ2v) is 11.4. The van der Waals surface area contributed by atoms with Crippen molar-refractivity contribution in [1.82, 2.24) is 35.0 Å². The molecule has 0 aliphatic carbocycles. The van der Waals surface area contributed by atoms with Gasteiger partial charge in [0.05, 0.1) is 22.2 Å². The van der Waals surface area contributed by atoms with Gasteiger partial charge in [-0.1, -0.05) is 12.0 Å². The van der Waals surface area contributed by atoms with Gasteiger partial charge in [-0.3, -0.25) is 9.67 Å². The van der Waals surface area contributed by atoms with Crippen LogP contribution in [0.25, 0.3) is 44.0 Å². The number of pyridine rings is 1. The highest BCUT2D eigenvalue weighted by molar-refractivity contribution is 6.03. The maximum Gasteiger partial charge on any atom is 0.319 e. The van der Waals surface area contributed by atoms with Crippen LogP contribution in [0.4, 0.5) is 14.6 Å². The number of halogens is 2.